The van der Waals surface area contributed by atoms with Crippen LogP contribution in [-0.2, 0) is 0 Å². The van der Waals surface area contributed by atoms with Crippen molar-refractivity contribution in [2.75, 3.05) is 13.6 Å². The molecule has 0 radical (unpaired) electrons. The van der Waals surface area contributed by atoms with Gasteiger partial charge in [0.25, 0.3) is 5.91 Å². The van der Waals surface area contributed by atoms with Gasteiger partial charge in [0.15, 0.2) is 0 Å². The summed E-state index contributed by atoms with van der Waals surface area (Å²) < 4.78 is 0. The van der Waals surface area contributed by atoms with Gasteiger partial charge in [-0.3, -0.25) is 4.79 Å². The summed E-state index contributed by atoms with van der Waals surface area (Å²) in [6, 6.07) is 5.91. The molecule has 0 aromatic heterocycles. The van der Waals surface area contributed by atoms with Crippen molar-refractivity contribution in [2.45, 2.75) is 19.4 Å². The first-order valence-corrected chi connectivity index (χ1v) is 5.68. The molecule has 0 bridgehead atoms. The van der Waals surface area contributed by atoms with E-state index in [0.29, 0.717) is 18.5 Å². The van der Waals surface area contributed by atoms with Gasteiger partial charge in [0, 0.05) is 19.2 Å². The van der Waals surface area contributed by atoms with Crippen LogP contribution >= 0.6 is 0 Å². The van der Waals surface area contributed by atoms with E-state index >= 15 is 0 Å². The quantitative estimate of drug-likeness (QED) is 0.825. The van der Waals surface area contributed by atoms with E-state index in [4.69, 9.17) is 10.2 Å². The van der Waals surface area contributed by atoms with Crippen LogP contribution in [0.5, 0.6) is 0 Å². The molecular formula is C13H17NO4. The Morgan fingerprint density at radius 2 is 1.94 bits per heavy atom. The Hall–Kier alpha value is -1.88. The van der Waals surface area contributed by atoms with Crippen molar-refractivity contribution in [1.82, 2.24) is 4.90 Å². The molecule has 2 N–H and O–H groups in total. The molecule has 1 aromatic rings. The lowest BCUT2D eigenvalue weighted by Crippen LogP contribution is -2.29. The number of aromatic carboxylic acids is 1. The van der Waals surface area contributed by atoms with Crippen LogP contribution in [0.25, 0.3) is 0 Å². The summed E-state index contributed by atoms with van der Waals surface area (Å²) >= 11 is 0. The van der Waals surface area contributed by atoms with E-state index in [0.717, 1.165) is 0 Å². The molecule has 1 amide bonds. The molecule has 1 atom stereocenters. The van der Waals surface area contributed by atoms with E-state index in [2.05, 4.69) is 0 Å². The Labute approximate surface area is 106 Å². The molecule has 5 heteroatoms. The molecular weight excluding hydrogens is 234 g/mol. The number of aliphatic hydroxyl groups excluding tert-OH is 1. The predicted octanol–water partition coefficient (Wildman–Crippen LogP) is 1.23. The highest BCUT2D eigenvalue weighted by Gasteiger charge is 2.14. The summed E-state index contributed by atoms with van der Waals surface area (Å²) in [4.78, 5) is 24.3. The molecule has 5 nitrogen and oxygen atoms in total. The second-order valence-corrected chi connectivity index (χ2v) is 4.25. The van der Waals surface area contributed by atoms with Crippen LogP contribution in [0.2, 0.25) is 0 Å². The number of carbonyl (C=O) groups is 2. The standard InChI is InChI=1S/C13H17NO4/c1-9(15)6-7-14(2)12(16)10-4-3-5-11(8-10)13(17)18/h3-5,8-9,15H,6-7H2,1-2H3,(H,17,18). The monoisotopic (exact) mass is 251 g/mol. The molecule has 0 aliphatic carbocycles. The van der Waals surface area contributed by atoms with Gasteiger partial charge < -0.3 is 15.1 Å². The molecule has 0 fully saturated rings. The number of carboxylic acid groups (broad SMARTS) is 1. The maximum absolute atomic E-state index is 12.0. The number of carbonyl (C=O) groups excluding carboxylic acids is 1. The van der Waals surface area contributed by atoms with Crippen molar-refractivity contribution in [2.24, 2.45) is 0 Å². The van der Waals surface area contributed by atoms with Crippen molar-refractivity contribution >= 4 is 11.9 Å². The molecule has 98 valence electrons. The Kier molecular flexibility index (Phi) is 4.85. The second kappa shape index (κ2) is 6.16. The smallest absolute Gasteiger partial charge is 0.335 e. The third-order valence-corrected chi connectivity index (χ3v) is 2.59. The minimum atomic E-state index is -1.06. The van der Waals surface area contributed by atoms with Gasteiger partial charge in [0.05, 0.1) is 11.7 Å². The minimum absolute atomic E-state index is 0.0878. The highest BCUT2D eigenvalue weighted by atomic mass is 16.4. The summed E-state index contributed by atoms with van der Waals surface area (Å²) in [5.74, 6) is -1.31. The molecule has 0 spiro atoms. The van der Waals surface area contributed by atoms with Gasteiger partial charge in [-0.25, -0.2) is 4.79 Å². The largest absolute Gasteiger partial charge is 0.478 e. The fourth-order valence-corrected chi connectivity index (χ4v) is 1.49. The minimum Gasteiger partial charge on any atom is -0.478 e. The zero-order chi connectivity index (χ0) is 13.7. The van der Waals surface area contributed by atoms with Gasteiger partial charge in [0.1, 0.15) is 0 Å². The number of hydrogen-bond acceptors (Lipinski definition) is 3. The van der Waals surface area contributed by atoms with Crippen LogP contribution in [0.1, 0.15) is 34.1 Å². The summed E-state index contributed by atoms with van der Waals surface area (Å²) in [6.07, 6.45) is 0.0199. The number of carboxylic acids is 1. The summed E-state index contributed by atoms with van der Waals surface area (Å²) in [7, 11) is 1.62. The molecule has 1 aromatic carbocycles. The predicted molar refractivity (Wildman–Crippen MR) is 66.7 cm³/mol. The maximum atomic E-state index is 12.0. The van der Waals surface area contributed by atoms with Gasteiger partial charge >= 0.3 is 5.97 Å². The van der Waals surface area contributed by atoms with E-state index in [1.165, 1.54) is 17.0 Å². The number of aliphatic hydroxyl groups is 1. The fourth-order valence-electron chi connectivity index (χ4n) is 1.49. The van der Waals surface area contributed by atoms with E-state index in [1.54, 1.807) is 26.1 Å². The van der Waals surface area contributed by atoms with E-state index in [1.807, 2.05) is 0 Å². The molecule has 0 saturated carbocycles. The number of nitrogens with zero attached hydrogens (tertiary/aromatic N) is 1. The normalized spacial score (nSPS) is 11.9. The van der Waals surface area contributed by atoms with Crippen molar-refractivity contribution in [3.05, 3.63) is 35.4 Å². The Morgan fingerprint density at radius 1 is 1.33 bits per heavy atom. The summed E-state index contributed by atoms with van der Waals surface area (Å²) in [6.45, 7) is 2.08. The highest BCUT2D eigenvalue weighted by molar-refractivity contribution is 5.97. The Bertz CT molecular complexity index is 442. The number of rotatable bonds is 5. The van der Waals surface area contributed by atoms with Gasteiger partial charge in [-0.2, -0.15) is 0 Å². The number of amides is 1. The zero-order valence-electron chi connectivity index (χ0n) is 10.5. The lowest BCUT2D eigenvalue weighted by molar-refractivity contribution is 0.0697. The third kappa shape index (κ3) is 3.85. The van der Waals surface area contributed by atoms with Gasteiger partial charge in [-0.1, -0.05) is 6.07 Å². The van der Waals surface area contributed by atoms with Gasteiger partial charge in [-0.15, -0.1) is 0 Å². The van der Waals surface area contributed by atoms with Gasteiger partial charge in [-0.05, 0) is 31.5 Å². The first-order valence-electron chi connectivity index (χ1n) is 5.68. The molecule has 18 heavy (non-hydrogen) atoms. The van der Waals surface area contributed by atoms with E-state index in [9.17, 15) is 9.59 Å². The van der Waals surface area contributed by atoms with Crippen molar-refractivity contribution in [3.8, 4) is 0 Å². The third-order valence-electron chi connectivity index (χ3n) is 2.59. The molecule has 0 aliphatic rings. The zero-order valence-corrected chi connectivity index (χ0v) is 10.5. The van der Waals surface area contributed by atoms with E-state index in [-0.39, 0.29) is 11.5 Å². The van der Waals surface area contributed by atoms with Crippen LogP contribution in [0.3, 0.4) is 0 Å². The first kappa shape index (κ1) is 14.2. The molecule has 1 rings (SSSR count). The average molecular weight is 251 g/mol. The van der Waals surface area contributed by atoms with Crippen LogP contribution in [0.4, 0.5) is 0 Å². The number of benzene rings is 1. The van der Waals surface area contributed by atoms with Crippen LogP contribution < -0.4 is 0 Å². The second-order valence-electron chi connectivity index (χ2n) is 4.25. The molecule has 0 heterocycles. The van der Waals surface area contributed by atoms with Gasteiger partial charge in [0.2, 0.25) is 0 Å². The SMILES string of the molecule is CC(O)CCN(C)C(=O)c1cccc(C(=O)O)c1. The first-order chi connectivity index (χ1) is 8.41. The van der Waals surface area contributed by atoms with Crippen LogP contribution in [-0.4, -0.2) is 46.7 Å². The Morgan fingerprint density at radius 3 is 2.50 bits per heavy atom. The Balaban J connectivity index is 2.77. The molecule has 1 unspecified atom stereocenters. The lowest BCUT2D eigenvalue weighted by Gasteiger charge is -2.18. The van der Waals surface area contributed by atoms with E-state index < -0.39 is 12.1 Å². The molecule has 0 aliphatic heterocycles. The highest BCUT2D eigenvalue weighted by Crippen LogP contribution is 2.08. The fraction of sp³-hybridized carbons (Fsp3) is 0.385. The van der Waals surface area contributed by atoms with Crippen LogP contribution in [0.15, 0.2) is 24.3 Å². The van der Waals surface area contributed by atoms with Crippen molar-refractivity contribution < 1.29 is 19.8 Å². The lowest BCUT2D eigenvalue weighted by atomic mass is 10.1. The summed E-state index contributed by atoms with van der Waals surface area (Å²) in [5.41, 5.74) is 0.424. The van der Waals surface area contributed by atoms with Crippen molar-refractivity contribution in [3.63, 3.8) is 0 Å². The summed E-state index contributed by atoms with van der Waals surface area (Å²) in [5, 5.41) is 18.0. The number of hydrogen-bond donors (Lipinski definition) is 2. The topological polar surface area (TPSA) is 77.8 Å². The maximum Gasteiger partial charge on any atom is 0.335 e. The molecule has 0 saturated heterocycles. The van der Waals surface area contributed by atoms with Crippen molar-refractivity contribution in [1.29, 1.82) is 0 Å². The van der Waals surface area contributed by atoms with Crippen LogP contribution in [0, 0.1) is 0 Å². The average Bonchev–Trinajstić information content (AvgIpc) is 2.35.